The minimum atomic E-state index is -0.506. The lowest BCUT2D eigenvalue weighted by atomic mass is 10.1. The number of hydrogen-bond donors (Lipinski definition) is 2. The molecule has 1 aliphatic carbocycles. The fraction of sp³-hybridized carbons (Fsp3) is 0.0400. The molecule has 152 valence electrons. The first kappa shape index (κ1) is 19.2. The molecule has 0 radical (unpaired) electrons. The van der Waals surface area contributed by atoms with Crippen molar-refractivity contribution in [3.05, 3.63) is 102 Å². The molecular weight excluding hydrogens is 411 g/mol. The predicted molar refractivity (Wildman–Crippen MR) is 122 cm³/mol. The van der Waals surface area contributed by atoms with Crippen molar-refractivity contribution in [3.8, 4) is 22.5 Å². The minimum Gasteiger partial charge on any atom is -0.451 e. The molecule has 3 aromatic carbocycles. The van der Waals surface area contributed by atoms with E-state index in [2.05, 4.69) is 28.8 Å². The van der Waals surface area contributed by atoms with Gasteiger partial charge in [-0.15, -0.1) is 0 Å². The number of thiocarbonyl (C=S) groups is 1. The van der Waals surface area contributed by atoms with Gasteiger partial charge in [-0.1, -0.05) is 42.5 Å². The van der Waals surface area contributed by atoms with E-state index in [4.69, 9.17) is 16.6 Å². The van der Waals surface area contributed by atoms with Gasteiger partial charge in [0.05, 0.1) is 5.56 Å². The van der Waals surface area contributed by atoms with Crippen LogP contribution in [0.1, 0.15) is 21.7 Å². The van der Waals surface area contributed by atoms with Gasteiger partial charge in [0.15, 0.2) is 10.9 Å². The molecule has 0 bridgehead atoms. The number of fused-ring (bicyclic) bond motifs is 3. The summed E-state index contributed by atoms with van der Waals surface area (Å²) in [6.45, 7) is 0. The summed E-state index contributed by atoms with van der Waals surface area (Å²) < 4.78 is 19.4. The Morgan fingerprint density at radius 2 is 1.61 bits per heavy atom. The number of carbonyl (C=O) groups is 1. The molecule has 1 aliphatic rings. The zero-order chi connectivity index (χ0) is 21.4. The van der Waals surface area contributed by atoms with E-state index in [1.807, 2.05) is 24.3 Å². The number of amides is 1. The molecule has 0 fully saturated rings. The number of carbonyl (C=O) groups excluding carboxylic acids is 1. The van der Waals surface area contributed by atoms with Gasteiger partial charge in [-0.25, -0.2) is 4.39 Å². The van der Waals surface area contributed by atoms with Gasteiger partial charge in [-0.05, 0) is 77.3 Å². The average molecular weight is 428 g/mol. The third kappa shape index (κ3) is 3.73. The predicted octanol–water partition coefficient (Wildman–Crippen LogP) is 5.78. The van der Waals surface area contributed by atoms with Gasteiger partial charge in [0, 0.05) is 5.69 Å². The van der Waals surface area contributed by atoms with Crippen LogP contribution in [0, 0.1) is 5.82 Å². The van der Waals surface area contributed by atoms with Crippen molar-refractivity contribution in [1.29, 1.82) is 0 Å². The summed E-state index contributed by atoms with van der Waals surface area (Å²) >= 11 is 5.29. The van der Waals surface area contributed by atoms with Crippen molar-refractivity contribution < 1.29 is 13.6 Å². The molecule has 1 aromatic heterocycles. The third-order valence-electron chi connectivity index (χ3n) is 5.25. The van der Waals surface area contributed by atoms with Crippen LogP contribution in [0.2, 0.25) is 0 Å². The molecule has 0 atom stereocenters. The number of rotatable bonds is 3. The molecule has 0 unspecified atom stereocenters. The van der Waals surface area contributed by atoms with Crippen molar-refractivity contribution >= 4 is 28.9 Å². The summed E-state index contributed by atoms with van der Waals surface area (Å²) in [6, 6.07) is 23.6. The molecule has 2 N–H and O–H groups in total. The number of hydrogen-bond acceptors (Lipinski definition) is 3. The first-order valence-electron chi connectivity index (χ1n) is 9.77. The maximum Gasteiger partial charge on any atom is 0.293 e. The van der Waals surface area contributed by atoms with E-state index in [1.54, 1.807) is 24.3 Å². The average Bonchev–Trinajstić information content (AvgIpc) is 3.38. The number of furan rings is 1. The highest BCUT2D eigenvalue weighted by Crippen LogP contribution is 2.37. The Balaban J connectivity index is 1.26. The molecule has 4 aromatic rings. The SMILES string of the molecule is O=C(NC(=S)Nc1ccc2c(c1)Cc1ccccc1-2)c1ccc(-c2ccccc2F)o1. The Morgan fingerprint density at radius 3 is 2.45 bits per heavy atom. The molecule has 5 rings (SSSR count). The van der Waals surface area contributed by atoms with Crippen molar-refractivity contribution in [2.24, 2.45) is 0 Å². The lowest BCUT2D eigenvalue weighted by Crippen LogP contribution is -2.33. The summed E-state index contributed by atoms with van der Waals surface area (Å²) in [5.74, 6) is -0.597. The molecule has 31 heavy (non-hydrogen) atoms. The molecule has 0 aliphatic heterocycles. The second-order valence-electron chi connectivity index (χ2n) is 7.26. The van der Waals surface area contributed by atoms with Gasteiger partial charge >= 0.3 is 0 Å². The van der Waals surface area contributed by atoms with Crippen LogP contribution in [0.25, 0.3) is 22.5 Å². The molecular formula is C25H17FN2O2S. The van der Waals surface area contributed by atoms with Gasteiger partial charge in [-0.3, -0.25) is 10.1 Å². The van der Waals surface area contributed by atoms with Gasteiger partial charge in [0.2, 0.25) is 0 Å². The van der Waals surface area contributed by atoms with Crippen molar-refractivity contribution in [3.63, 3.8) is 0 Å². The number of anilines is 1. The van der Waals surface area contributed by atoms with Gasteiger partial charge in [0.25, 0.3) is 5.91 Å². The van der Waals surface area contributed by atoms with E-state index < -0.39 is 11.7 Å². The van der Waals surface area contributed by atoms with E-state index in [0.29, 0.717) is 5.56 Å². The first-order chi connectivity index (χ1) is 15.1. The van der Waals surface area contributed by atoms with Gasteiger partial charge in [-0.2, -0.15) is 0 Å². The third-order valence-corrected chi connectivity index (χ3v) is 5.45. The van der Waals surface area contributed by atoms with Crippen LogP contribution < -0.4 is 10.6 Å². The van der Waals surface area contributed by atoms with Gasteiger partial charge < -0.3 is 9.73 Å². The van der Waals surface area contributed by atoms with Crippen LogP contribution in [0.15, 0.2) is 83.3 Å². The molecule has 1 heterocycles. The largest absolute Gasteiger partial charge is 0.451 e. The van der Waals surface area contributed by atoms with Crippen LogP contribution in [0.3, 0.4) is 0 Å². The molecule has 0 saturated carbocycles. The fourth-order valence-corrected chi connectivity index (χ4v) is 4.03. The van der Waals surface area contributed by atoms with Crippen LogP contribution >= 0.6 is 12.2 Å². The summed E-state index contributed by atoms with van der Waals surface area (Å²) in [5, 5.41) is 5.80. The van der Waals surface area contributed by atoms with E-state index in [9.17, 15) is 9.18 Å². The Bertz CT molecular complexity index is 1330. The van der Waals surface area contributed by atoms with E-state index in [1.165, 1.54) is 34.4 Å². The highest BCUT2D eigenvalue weighted by atomic mass is 32.1. The molecule has 0 saturated heterocycles. The standard InChI is InChI=1S/C25H17FN2O2S/c26-21-8-4-3-7-20(21)22-11-12-23(30-22)24(29)28-25(31)27-17-9-10-19-16(14-17)13-15-5-1-2-6-18(15)19/h1-12,14H,13H2,(H2,27,28,29,31). The summed E-state index contributed by atoms with van der Waals surface area (Å²) in [4.78, 5) is 12.5. The van der Waals surface area contributed by atoms with E-state index in [0.717, 1.165) is 12.1 Å². The fourth-order valence-electron chi connectivity index (χ4n) is 3.82. The highest BCUT2D eigenvalue weighted by molar-refractivity contribution is 7.80. The lowest BCUT2D eigenvalue weighted by Gasteiger charge is -2.10. The number of benzene rings is 3. The Morgan fingerprint density at radius 1 is 0.871 bits per heavy atom. The summed E-state index contributed by atoms with van der Waals surface area (Å²) in [6.07, 6.45) is 0.866. The minimum absolute atomic E-state index is 0.0480. The van der Waals surface area contributed by atoms with Crippen LogP contribution in [-0.4, -0.2) is 11.0 Å². The number of nitrogens with one attached hydrogen (secondary N) is 2. The van der Waals surface area contributed by atoms with Crippen LogP contribution in [-0.2, 0) is 6.42 Å². The maximum absolute atomic E-state index is 13.9. The Kier molecular flexibility index (Phi) is 4.84. The summed E-state index contributed by atoms with van der Waals surface area (Å²) in [7, 11) is 0. The number of halogens is 1. The molecule has 4 nitrogen and oxygen atoms in total. The topological polar surface area (TPSA) is 54.3 Å². The molecule has 0 spiro atoms. The van der Waals surface area contributed by atoms with Crippen molar-refractivity contribution in [2.45, 2.75) is 6.42 Å². The second kappa shape index (κ2) is 7.81. The molecule has 6 heteroatoms. The second-order valence-corrected chi connectivity index (χ2v) is 7.67. The smallest absolute Gasteiger partial charge is 0.293 e. The monoisotopic (exact) mass is 428 g/mol. The zero-order valence-corrected chi connectivity index (χ0v) is 17.1. The lowest BCUT2D eigenvalue weighted by molar-refractivity contribution is 0.0951. The van der Waals surface area contributed by atoms with Gasteiger partial charge in [0.1, 0.15) is 11.6 Å². The van der Waals surface area contributed by atoms with Crippen molar-refractivity contribution in [1.82, 2.24) is 5.32 Å². The maximum atomic E-state index is 13.9. The van der Waals surface area contributed by atoms with Crippen molar-refractivity contribution in [2.75, 3.05) is 5.32 Å². The summed E-state index contributed by atoms with van der Waals surface area (Å²) in [5.41, 5.74) is 6.07. The quantitative estimate of drug-likeness (QED) is 0.358. The normalized spacial score (nSPS) is 11.5. The Hall–Kier alpha value is -3.77. The zero-order valence-electron chi connectivity index (χ0n) is 16.3. The van der Waals surface area contributed by atoms with Crippen LogP contribution in [0.4, 0.5) is 10.1 Å². The molecule has 1 amide bonds. The highest BCUT2D eigenvalue weighted by Gasteiger charge is 2.19. The van der Waals surface area contributed by atoms with E-state index in [-0.39, 0.29) is 16.6 Å². The Labute approximate surface area is 183 Å². The van der Waals surface area contributed by atoms with Crippen LogP contribution in [0.5, 0.6) is 0 Å². The van der Waals surface area contributed by atoms with E-state index >= 15 is 0 Å². The first-order valence-corrected chi connectivity index (χ1v) is 10.2.